The smallest absolute Gasteiger partial charge is 0.234 e. The molecule has 0 saturated heterocycles. The number of aryl methyl sites for hydroxylation is 2. The largest absolute Gasteiger partial charge is 0.396 e. The molecular formula is C19H24N4O. The van der Waals surface area contributed by atoms with Crippen molar-refractivity contribution in [2.24, 2.45) is 0 Å². The number of hydrogen-bond donors (Lipinski definition) is 1. The van der Waals surface area contributed by atoms with E-state index in [0.717, 1.165) is 22.9 Å². The van der Waals surface area contributed by atoms with E-state index in [0.29, 0.717) is 13.0 Å². The van der Waals surface area contributed by atoms with Crippen molar-refractivity contribution in [1.29, 1.82) is 0 Å². The number of nitrogens with zero attached hydrogens (tertiary/aromatic N) is 4. The first-order valence-electron chi connectivity index (χ1n) is 8.26. The average Bonchev–Trinajstić information content (AvgIpc) is 2.96. The molecule has 0 spiro atoms. The minimum absolute atomic E-state index is 0.162. The first kappa shape index (κ1) is 16.6. The van der Waals surface area contributed by atoms with E-state index in [1.54, 1.807) is 0 Å². The predicted octanol–water partition coefficient (Wildman–Crippen LogP) is 2.90. The van der Waals surface area contributed by atoms with Crippen molar-refractivity contribution in [3.05, 3.63) is 65.2 Å². The molecule has 1 aromatic carbocycles. The van der Waals surface area contributed by atoms with Crippen LogP contribution < -0.4 is 0 Å². The molecule has 1 N–H and O–H groups in total. The molecule has 0 bridgehead atoms. The molecule has 0 fully saturated rings. The van der Waals surface area contributed by atoms with Gasteiger partial charge in [-0.05, 0) is 38.9 Å². The molecule has 3 aromatic rings. The van der Waals surface area contributed by atoms with Crippen molar-refractivity contribution in [2.75, 3.05) is 13.7 Å². The summed E-state index contributed by atoms with van der Waals surface area (Å²) in [5, 5.41) is 9.44. The molecule has 1 unspecified atom stereocenters. The van der Waals surface area contributed by atoms with Gasteiger partial charge in [-0.2, -0.15) is 0 Å². The Morgan fingerprint density at radius 3 is 2.62 bits per heavy atom. The quantitative estimate of drug-likeness (QED) is 0.757. The maximum atomic E-state index is 9.44. The summed E-state index contributed by atoms with van der Waals surface area (Å²) < 4.78 is 2.03. The summed E-state index contributed by atoms with van der Waals surface area (Å²) in [5.74, 6) is 0.745. The van der Waals surface area contributed by atoms with Crippen LogP contribution in [0.3, 0.4) is 0 Å². The van der Waals surface area contributed by atoms with Gasteiger partial charge < -0.3 is 5.11 Å². The maximum Gasteiger partial charge on any atom is 0.234 e. The normalized spacial score (nSPS) is 12.9. The molecule has 1 atom stereocenters. The lowest BCUT2D eigenvalue weighted by atomic mass is 10.0. The number of aromatic nitrogens is 3. The van der Waals surface area contributed by atoms with Crippen molar-refractivity contribution < 1.29 is 5.11 Å². The van der Waals surface area contributed by atoms with Crippen LogP contribution >= 0.6 is 0 Å². The third-order valence-corrected chi connectivity index (χ3v) is 4.34. The van der Waals surface area contributed by atoms with Crippen molar-refractivity contribution in [2.45, 2.75) is 32.9 Å². The summed E-state index contributed by atoms with van der Waals surface area (Å²) in [6.07, 6.45) is 2.75. The minimum Gasteiger partial charge on any atom is -0.396 e. The van der Waals surface area contributed by atoms with Gasteiger partial charge in [-0.25, -0.2) is 9.97 Å². The van der Waals surface area contributed by atoms with Gasteiger partial charge in [0.15, 0.2) is 0 Å². The van der Waals surface area contributed by atoms with Crippen LogP contribution in [0.25, 0.3) is 5.78 Å². The van der Waals surface area contributed by atoms with E-state index < -0.39 is 0 Å². The lowest BCUT2D eigenvalue weighted by molar-refractivity contribution is 0.179. The number of benzene rings is 1. The number of imidazole rings is 1. The topological polar surface area (TPSA) is 53.7 Å². The number of fused-ring (bicyclic) bond motifs is 1. The molecule has 2 heterocycles. The highest BCUT2D eigenvalue weighted by atomic mass is 16.3. The summed E-state index contributed by atoms with van der Waals surface area (Å²) in [5.41, 5.74) is 4.31. The van der Waals surface area contributed by atoms with Crippen LogP contribution in [0.1, 0.15) is 35.1 Å². The zero-order chi connectivity index (χ0) is 17.1. The van der Waals surface area contributed by atoms with E-state index in [4.69, 9.17) is 0 Å². The second-order valence-corrected chi connectivity index (χ2v) is 6.30. The van der Waals surface area contributed by atoms with Gasteiger partial charge in [-0.3, -0.25) is 9.30 Å². The van der Waals surface area contributed by atoms with Crippen molar-refractivity contribution in [3.63, 3.8) is 0 Å². The van der Waals surface area contributed by atoms with Crippen molar-refractivity contribution in [3.8, 4) is 0 Å². The van der Waals surface area contributed by atoms with Gasteiger partial charge in [0.1, 0.15) is 0 Å². The molecule has 0 aliphatic carbocycles. The number of hydrogen-bond acceptors (Lipinski definition) is 4. The minimum atomic E-state index is 0.162. The van der Waals surface area contributed by atoms with Crippen LogP contribution in [0.2, 0.25) is 0 Å². The monoisotopic (exact) mass is 324 g/mol. The Morgan fingerprint density at radius 2 is 1.92 bits per heavy atom. The summed E-state index contributed by atoms with van der Waals surface area (Å²) in [4.78, 5) is 11.4. The lowest BCUT2D eigenvalue weighted by Gasteiger charge is -2.27. The predicted molar refractivity (Wildman–Crippen MR) is 94.8 cm³/mol. The van der Waals surface area contributed by atoms with Gasteiger partial charge in [-0.15, -0.1) is 0 Å². The Morgan fingerprint density at radius 1 is 1.17 bits per heavy atom. The SMILES string of the molecule is Cc1cc(C)n2cc(CN(C)C(CCO)c3ccccc3)nc2n1. The molecule has 5 nitrogen and oxygen atoms in total. The molecular weight excluding hydrogens is 300 g/mol. The average molecular weight is 324 g/mol. The van der Waals surface area contributed by atoms with Crippen LogP contribution in [0, 0.1) is 13.8 Å². The molecule has 5 heteroatoms. The summed E-state index contributed by atoms with van der Waals surface area (Å²) >= 11 is 0. The van der Waals surface area contributed by atoms with Crippen LogP contribution in [0.5, 0.6) is 0 Å². The Labute approximate surface area is 142 Å². The fourth-order valence-electron chi connectivity index (χ4n) is 3.20. The van der Waals surface area contributed by atoms with E-state index in [1.807, 2.05) is 29.5 Å². The molecule has 126 valence electrons. The van der Waals surface area contributed by atoms with Gasteiger partial charge in [0.05, 0.1) is 5.69 Å². The van der Waals surface area contributed by atoms with Gasteiger partial charge in [-0.1, -0.05) is 30.3 Å². The fourth-order valence-corrected chi connectivity index (χ4v) is 3.20. The van der Waals surface area contributed by atoms with Gasteiger partial charge in [0.25, 0.3) is 0 Å². The van der Waals surface area contributed by atoms with Crippen molar-refractivity contribution in [1.82, 2.24) is 19.3 Å². The standard InChI is InChI=1S/C19H24N4O/c1-14-11-15(2)23-13-17(21-19(23)20-14)12-22(3)18(9-10-24)16-7-5-4-6-8-16/h4-8,11,13,18,24H,9-10,12H2,1-3H3. The van der Waals surface area contributed by atoms with Gasteiger partial charge in [0.2, 0.25) is 5.78 Å². The molecule has 0 amide bonds. The number of rotatable bonds is 6. The second kappa shape index (κ2) is 7.11. The fraction of sp³-hybridized carbons (Fsp3) is 0.368. The third kappa shape index (κ3) is 3.47. The lowest BCUT2D eigenvalue weighted by Crippen LogP contribution is -2.25. The summed E-state index contributed by atoms with van der Waals surface area (Å²) in [6.45, 7) is 4.92. The molecule has 3 rings (SSSR count). The highest BCUT2D eigenvalue weighted by molar-refractivity contribution is 5.34. The highest BCUT2D eigenvalue weighted by Crippen LogP contribution is 2.24. The molecule has 0 radical (unpaired) electrons. The van der Waals surface area contributed by atoms with E-state index in [2.05, 4.69) is 53.2 Å². The van der Waals surface area contributed by atoms with Crippen LogP contribution in [-0.2, 0) is 6.54 Å². The van der Waals surface area contributed by atoms with Crippen molar-refractivity contribution >= 4 is 5.78 Å². The molecule has 2 aromatic heterocycles. The van der Waals surface area contributed by atoms with Crippen LogP contribution in [0.4, 0.5) is 0 Å². The Bertz CT molecular complexity index is 813. The van der Waals surface area contributed by atoms with Gasteiger partial charge >= 0.3 is 0 Å². The van der Waals surface area contributed by atoms with E-state index in [1.165, 1.54) is 5.56 Å². The van der Waals surface area contributed by atoms with Crippen LogP contribution in [-0.4, -0.2) is 38.0 Å². The Balaban J connectivity index is 1.84. The first-order chi connectivity index (χ1) is 11.6. The van der Waals surface area contributed by atoms with E-state index >= 15 is 0 Å². The van der Waals surface area contributed by atoms with E-state index in [9.17, 15) is 5.11 Å². The van der Waals surface area contributed by atoms with E-state index in [-0.39, 0.29) is 12.6 Å². The van der Waals surface area contributed by atoms with Crippen LogP contribution in [0.15, 0.2) is 42.6 Å². The number of aliphatic hydroxyl groups excluding tert-OH is 1. The Hall–Kier alpha value is -2.24. The third-order valence-electron chi connectivity index (χ3n) is 4.34. The first-order valence-corrected chi connectivity index (χ1v) is 8.26. The molecule has 0 saturated carbocycles. The Kier molecular flexibility index (Phi) is 4.92. The zero-order valence-corrected chi connectivity index (χ0v) is 14.5. The summed E-state index contributed by atoms with van der Waals surface area (Å²) in [7, 11) is 2.07. The molecule has 0 aliphatic rings. The highest BCUT2D eigenvalue weighted by Gasteiger charge is 2.18. The van der Waals surface area contributed by atoms with Gasteiger partial charge in [0, 0.05) is 36.8 Å². The summed E-state index contributed by atoms with van der Waals surface area (Å²) in [6, 6.07) is 12.5. The molecule has 24 heavy (non-hydrogen) atoms. The zero-order valence-electron chi connectivity index (χ0n) is 14.5. The maximum absolute atomic E-state index is 9.44. The molecule has 0 aliphatic heterocycles. The number of aliphatic hydroxyl groups is 1. The second-order valence-electron chi connectivity index (χ2n) is 6.30.